The number of hydrogen-bond acceptors (Lipinski definition) is 8. The fraction of sp³-hybridized carbons (Fsp3) is 0.120. The Morgan fingerprint density at radius 2 is 1.86 bits per heavy atom. The molecular formula is C25H25N7O4. The minimum absolute atomic E-state index is 0.126. The molecule has 2 amide bonds. The smallest absolute Gasteiger partial charge is 0.256 e. The zero-order valence-corrected chi connectivity index (χ0v) is 19.7. The summed E-state index contributed by atoms with van der Waals surface area (Å²) in [5.74, 6) is 0.765. The molecule has 0 radical (unpaired) electrons. The maximum atomic E-state index is 12.4. The number of rotatable bonds is 10. The molecule has 0 aliphatic carbocycles. The quantitative estimate of drug-likeness (QED) is 0.249. The summed E-state index contributed by atoms with van der Waals surface area (Å²) in [6.07, 6.45) is 4.44. The first-order chi connectivity index (χ1) is 17.4. The number of nitrogens with one attached hydrogen (secondary N) is 3. The predicted octanol–water partition coefficient (Wildman–Crippen LogP) is 3.33. The number of nitrogens with two attached hydrogens (primary N) is 1. The minimum Gasteiger partial charge on any atom is -0.497 e. The van der Waals surface area contributed by atoms with E-state index in [0.717, 1.165) is 5.56 Å². The minimum atomic E-state index is -0.687. The average Bonchev–Trinajstić information content (AvgIpc) is 3.36. The molecule has 2 heterocycles. The van der Waals surface area contributed by atoms with Crippen molar-refractivity contribution in [3.8, 4) is 11.5 Å². The first-order valence-corrected chi connectivity index (χ1v) is 10.8. The Bertz CT molecular complexity index is 1430. The Hall–Kier alpha value is -5.06. The number of methoxy groups -OCH3 is 2. The number of primary amides is 1. The SMILES string of the molecule is C=CC(=O)Nc1cccc(CNc2nc(Nc3cc(OC)cc(OC)c3)c(C(N)=O)c3nccn23)c1. The Kier molecular flexibility index (Phi) is 7.00. The molecule has 0 atom stereocenters. The number of ether oxygens (including phenoxy) is 2. The number of carbonyl (C=O) groups excluding carboxylic acids is 2. The first kappa shape index (κ1) is 24.1. The zero-order chi connectivity index (χ0) is 25.7. The van der Waals surface area contributed by atoms with Crippen molar-refractivity contribution in [2.75, 3.05) is 30.2 Å². The highest BCUT2D eigenvalue weighted by Crippen LogP contribution is 2.30. The molecule has 0 fully saturated rings. The molecule has 0 aliphatic rings. The summed E-state index contributed by atoms with van der Waals surface area (Å²) in [4.78, 5) is 33.0. The second kappa shape index (κ2) is 10.5. The van der Waals surface area contributed by atoms with Gasteiger partial charge in [0.2, 0.25) is 11.9 Å². The third-order valence-electron chi connectivity index (χ3n) is 5.24. The van der Waals surface area contributed by atoms with Gasteiger partial charge in [0.1, 0.15) is 17.1 Å². The number of carbonyl (C=O) groups is 2. The second-order valence-electron chi connectivity index (χ2n) is 7.62. The van der Waals surface area contributed by atoms with Crippen LogP contribution >= 0.6 is 0 Å². The van der Waals surface area contributed by atoms with Crippen molar-refractivity contribution in [2.24, 2.45) is 5.73 Å². The average molecular weight is 488 g/mol. The number of fused-ring (bicyclic) bond motifs is 1. The van der Waals surface area contributed by atoms with Crippen molar-refractivity contribution in [2.45, 2.75) is 6.54 Å². The molecule has 2 aromatic carbocycles. The molecule has 36 heavy (non-hydrogen) atoms. The summed E-state index contributed by atoms with van der Waals surface area (Å²) in [5.41, 5.74) is 8.27. The molecule has 0 aliphatic heterocycles. The Morgan fingerprint density at radius 3 is 2.53 bits per heavy atom. The number of amides is 2. The fourth-order valence-corrected chi connectivity index (χ4v) is 3.57. The lowest BCUT2D eigenvalue weighted by Crippen LogP contribution is -2.18. The van der Waals surface area contributed by atoms with Gasteiger partial charge < -0.3 is 31.2 Å². The van der Waals surface area contributed by atoms with Crippen molar-refractivity contribution >= 4 is 40.6 Å². The monoisotopic (exact) mass is 487 g/mol. The Labute approximate surface area is 207 Å². The molecule has 5 N–H and O–H groups in total. The van der Waals surface area contributed by atoms with Gasteiger partial charge in [0.25, 0.3) is 5.91 Å². The highest BCUT2D eigenvalue weighted by Gasteiger charge is 2.20. The maximum Gasteiger partial charge on any atom is 0.256 e. The molecule has 0 unspecified atom stereocenters. The van der Waals surface area contributed by atoms with Crippen molar-refractivity contribution < 1.29 is 19.1 Å². The van der Waals surface area contributed by atoms with Crippen molar-refractivity contribution in [1.29, 1.82) is 0 Å². The van der Waals surface area contributed by atoms with Gasteiger partial charge in [-0.25, -0.2) is 4.98 Å². The van der Waals surface area contributed by atoms with E-state index in [-0.39, 0.29) is 17.3 Å². The van der Waals surface area contributed by atoms with E-state index in [0.29, 0.717) is 41.0 Å². The summed E-state index contributed by atoms with van der Waals surface area (Å²) in [5, 5.41) is 9.13. The lowest BCUT2D eigenvalue weighted by atomic mass is 10.2. The number of anilines is 4. The van der Waals surface area contributed by atoms with Crippen LogP contribution in [-0.4, -0.2) is 40.4 Å². The van der Waals surface area contributed by atoms with E-state index in [1.54, 1.807) is 55.3 Å². The molecule has 2 aromatic heterocycles. The molecule has 11 heteroatoms. The van der Waals surface area contributed by atoms with Crippen LogP contribution in [0, 0.1) is 0 Å². The van der Waals surface area contributed by atoms with Crippen LogP contribution < -0.4 is 31.2 Å². The summed E-state index contributed by atoms with van der Waals surface area (Å²) in [6, 6.07) is 12.5. The standard InChI is InChI=1S/C25H25N7O4/c1-4-20(33)29-16-7-5-6-15(10-16)14-28-25-31-23(21(22(26)34)24-27-8-9-32(24)25)30-17-11-18(35-2)13-19(12-17)36-3/h4-13,30H,1,14H2,2-3H3,(H2,26,34)(H,28,31)(H,29,33). The van der Waals surface area contributed by atoms with E-state index in [1.807, 2.05) is 18.2 Å². The van der Waals surface area contributed by atoms with Gasteiger partial charge in [0, 0.05) is 48.5 Å². The van der Waals surface area contributed by atoms with E-state index in [1.165, 1.54) is 6.08 Å². The van der Waals surface area contributed by atoms with Gasteiger partial charge in [0.15, 0.2) is 11.5 Å². The third kappa shape index (κ3) is 5.20. The second-order valence-corrected chi connectivity index (χ2v) is 7.62. The van der Waals surface area contributed by atoms with Gasteiger partial charge in [-0.05, 0) is 23.8 Å². The molecule has 184 valence electrons. The fourth-order valence-electron chi connectivity index (χ4n) is 3.57. The van der Waals surface area contributed by atoms with E-state index < -0.39 is 5.91 Å². The van der Waals surface area contributed by atoms with Crippen LogP contribution in [0.25, 0.3) is 5.65 Å². The predicted molar refractivity (Wildman–Crippen MR) is 137 cm³/mol. The van der Waals surface area contributed by atoms with Gasteiger partial charge in [-0.2, -0.15) is 4.98 Å². The number of nitrogens with zero attached hydrogens (tertiary/aromatic N) is 3. The Morgan fingerprint density at radius 1 is 1.11 bits per heavy atom. The lowest BCUT2D eigenvalue weighted by molar-refractivity contribution is -0.111. The van der Waals surface area contributed by atoms with Crippen LogP contribution in [0.2, 0.25) is 0 Å². The summed E-state index contributed by atoms with van der Waals surface area (Å²) >= 11 is 0. The van der Waals surface area contributed by atoms with Crippen molar-refractivity contribution in [3.05, 3.63) is 78.6 Å². The number of benzene rings is 2. The first-order valence-electron chi connectivity index (χ1n) is 10.8. The molecule has 4 aromatic rings. The zero-order valence-electron chi connectivity index (χ0n) is 19.7. The number of imidazole rings is 1. The van der Waals surface area contributed by atoms with Crippen LogP contribution in [-0.2, 0) is 11.3 Å². The van der Waals surface area contributed by atoms with E-state index in [9.17, 15) is 9.59 Å². The molecule has 0 saturated heterocycles. The van der Waals surface area contributed by atoms with Crippen molar-refractivity contribution in [3.63, 3.8) is 0 Å². The van der Waals surface area contributed by atoms with Gasteiger partial charge in [-0.15, -0.1) is 0 Å². The third-order valence-corrected chi connectivity index (χ3v) is 5.24. The van der Waals surface area contributed by atoms with Gasteiger partial charge in [-0.1, -0.05) is 18.7 Å². The summed E-state index contributed by atoms with van der Waals surface area (Å²) in [7, 11) is 3.09. The normalized spacial score (nSPS) is 10.5. The maximum absolute atomic E-state index is 12.4. The van der Waals surface area contributed by atoms with E-state index >= 15 is 0 Å². The van der Waals surface area contributed by atoms with Crippen LogP contribution in [0.3, 0.4) is 0 Å². The van der Waals surface area contributed by atoms with Gasteiger partial charge >= 0.3 is 0 Å². The highest BCUT2D eigenvalue weighted by molar-refractivity contribution is 6.04. The van der Waals surface area contributed by atoms with Crippen LogP contribution in [0.4, 0.5) is 23.1 Å². The molecule has 0 spiro atoms. The van der Waals surface area contributed by atoms with Crippen LogP contribution in [0.1, 0.15) is 15.9 Å². The largest absolute Gasteiger partial charge is 0.497 e. The molecular weight excluding hydrogens is 462 g/mol. The van der Waals surface area contributed by atoms with Crippen LogP contribution in [0.15, 0.2) is 67.5 Å². The van der Waals surface area contributed by atoms with Gasteiger partial charge in [0.05, 0.1) is 14.2 Å². The molecule has 0 saturated carbocycles. The molecule has 0 bridgehead atoms. The van der Waals surface area contributed by atoms with Crippen LogP contribution in [0.5, 0.6) is 11.5 Å². The molecule has 4 rings (SSSR count). The van der Waals surface area contributed by atoms with E-state index in [2.05, 4.69) is 32.5 Å². The summed E-state index contributed by atoms with van der Waals surface area (Å²) < 4.78 is 12.3. The van der Waals surface area contributed by atoms with Gasteiger partial charge in [-0.3, -0.25) is 14.0 Å². The number of hydrogen-bond donors (Lipinski definition) is 4. The lowest BCUT2D eigenvalue weighted by Gasteiger charge is -2.16. The topological polar surface area (TPSA) is 145 Å². The van der Waals surface area contributed by atoms with E-state index in [4.69, 9.17) is 15.2 Å². The Balaban J connectivity index is 1.69. The molecule has 11 nitrogen and oxygen atoms in total. The highest BCUT2D eigenvalue weighted by atomic mass is 16.5. The summed E-state index contributed by atoms with van der Waals surface area (Å²) in [6.45, 7) is 3.84. The van der Waals surface area contributed by atoms with Crippen molar-refractivity contribution in [1.82, 2.24) is 14.4 Å². The number of aromatic nitrogens is 3.